The van der Waals surface area contributed by atoms with E-state index in [1.54, 1.807) is 30.8 Å². The lowest BCUT2D eigenvalue weighted by atomic mass is 9.80. The smallest absolute Gasteiger partial charge is 0.339 e. The van der Waals surface area contributed by atoms with Gasteiger partial charge in [-0.2, -0.15) is 0 Å². The second-order valence-corrected chi connectivity index (χ2v) is 12.7. The molecule has 0 spiro atoms. The number of fused-ring (bicyclic) bond motifs is 1. The van der Waals surface area contributed by atoms with Crippen molar-refractivity contribution in [2.24, 2.45) is 0 Å². The zero-order chi connectivity index (χ0) is 31.6. The number of nitrogens with zero attached hydrogens (tertiary/aromatic N) is 1. The summed E-state index contributed by atoms with van der Waals surface area (Å²) in [6, 6.07) is 9.58. The molecule has 0 aliphatic carbocycles. The van der Waals surface area contributed by atoms with Crippen molar-refractivity contribution in [1.29, 1.82) is 0 Å². The summed E-state index contributed by atoms with van der Waals surface area (Å²) in [5.74, 6) is 5.79. The number of hydrogen-bond acceptors (Lipinski definition) is 6. The molecule has 0 N–H and O–H groups in total. The second kappa shape index (κ2) is 19.0. The number of aromatic nitrogens is 1. The number of thioether (sulfide) groups is 1. The zero-order valence-electron chi connectivity index (χ0n) is 26.8. The van der Waals surface area contributed by atoms with Crippen molar-refractivity contribution in [3.05, 3.63) is 95.4 Å². The Morgan fingerprint density at radius 3 is 2.43 bits per heavy atom. The summed E-state index contributed by atoms with van der Waals surface area (Å²) in [5.41, 5.74) is 2.76. The lowest BCUT2D eigenvalue weighted by Gasteiger charge is -2.36. The Balaban J connectivity index is 1.39. The summed E-state index contributed by atoms with van der Waals surface area (Å²) in [6.07, 6.45) is 24.5. The number of carbonyl (C=O) groups is 2. The molecule has 0 amide bonds. The van der Waals surface area contributed by atoms with Crippen molar-refractivity contribution in [2.75, 3.05) is 6.61 Å². The van der Waals surface area contributed by atoms with Gasteiger partial charge in [0.2, 0.25) is 0 Å². The van der Waals surface area contributed by atoms with Gasteiger partial charge in [-0.15, -0.1) is 0 Å². The van der Waals surface area contributed by atoms with Gasteiger partial charge in [-0.05, 0) is 92.7 Å². The Morgan fingerprint density at radius 1 is 0.955 bits per heavy atom. The maximum atomic E-state index is 12.6. The average Bonchev–Trinajstić information content (AvgIpc) is 3.00. The lowest BCUT2D eigenvalue weighted by Crippen LogP contribution is -2.31. The first-order valence-electron chi connectivity index (χ1n) is 15.9. The number of ether oxygens (including phenoxy) is 2. The summed E-state index contributed by atoms with van der Waals surface area (Å²) in [5, 5.41) is 0. The summed E-state index contributed by atoms with van der Waals surface area (Å²) >= 11 is 1.62. The average molecular weight is 614 g/mol. The van der Waals surface area contributed by atoms with Crippen LogP contribution in [0.4, 0.5) is 0 Å². The SMILES string of the molecule is CC/C=C\C/C=C\C/C=C\CCCCCCC(=O)OC1CC(C)(C)c2cc(C#Cc3ccc(C(=O)OCC)cn3)ccc2S1. The van der Waals surface area contributed by atoms with Gasteiger partial charge in [0.15, 0.2) is 5.44 Å². The third-order valence-corrected chi connectivity index (χ3v) is 8.43. The maximum Gasteiger partial charge on any atom is 0.339 e. The lowest BCUT2D eigenvalue weighted by molar-refractivity contribution is -0.145. The fraction of sp³-hybridized carbons (Fsp3) is 0.447. The molecule has 1 unspecified atom stereocenters. The Hall–Kier alpha value is -3.56. The molecular weight excluding hydrogens is 566 g/mol. The standard InChI is InChI=1S/C38H47NO4S/c1-5-7-8-9-10-11-12-13-14-15-16-17-18-19-20-35(40)43-36-28-38(3,4)33-27-30(22-26-34(33)44-36)21-24-32-25-23-31(29-39-32)37(41)42-6-2/h7-8,10-11,13-14,22-23,25-27,29,36H,5-6,9,12,15-20,28H2,1-4H3/b8-7-,11-10-,14-13-. The van der Waals surface area contributed by atoms with Gasteiger partial charge in [-0.25, -0.2) is 9.78 Å². The van der Waals surface area contributed by atoms with Crippen molar-refractivity contribution in [2.45, 2.75) is 108 Å². The number of hydrogen-bond donors (Lipinski definition) is 0. The van der Waals surface area contributed by atoms with Gasteiger partial charge < -0.3 is 9.47 Å². The van der Waals surface area contributed by atoms with Crippen molar-refractivity contribution < 1.29 is 19.1 Å². The molecule has 0 radical (unpaired) electrons. The Bertz CT molecular complexity index is 1360. The number of benzene rings is 1. The molecule has 0 saturated heterocycles. The molecule has 44 heavy (non-hydrogen) atoms. The van der Waals surface area contributed by atoms with Gasteiger partial charge >= 0.3 is 11.9 Å². The van der Waals surface area contributed by atoms with Crippen LogP contribution in [0.1, 0.15) is 119 Å². The molecule has 2 aromatic rings. The van der Waals surface area contributed by atoms with E-state index >= 15 is 0 Å². The predicted molar refractivity (Wildman–Crippen MR) is 181 cm³/mol. The van der Waals surface area contributed by atoms with Gasteiger partial charge in [0.1, 0.15) is 5.69 Å². The van der Waals surface area contributed by atoms with Crippen LogP contribution in [-0.4, -0.2) is 29.0 Å². The van der Waals surface area contributed by atoms with Gasteiger partial charge in [0, 0.05) is 29.5 Å². The quantitative estimate of drug-likeness (QED) is 0.0863. The van der Waals surface area contributed by atoms with Crippen molar-refractivity contribution in [1.82, 2.24) is 4.98 Å². The highest BCUT2D eigenvalue weighted by Gasteiger charge is 2.35. The first-order chi connectivity index (χ1) is 21.3. The van der Waals surface area contributed by atoms with Crippen LogP contribution in [0.2, 0.25) is 0 Å². The first kappa shape index (κ1) is 34.9. The van der Waals surface area contributed by atoms with E-state index in [0.29, 0.717) is 24.3 Å². The van der Waals surface area contributed by atoms with E-state index in [1.807, 2.05) is 6.07 Å². The van der Waals surface area contributed by atoms with Crippen molar-refractivity contribution in [3.63, 3.8) is 0 Å². The van der Waals surface area contributed by atoms with Crippen molar-refractivity contribution in [3.8, 4) is 11.8 Å². The van der Waals surface area contributed by atoms with Gasteiger partial charge in [0.05, 0.1) is 12.2 Å². The normalized spacial score (nSPS) is 15.7. The van der Waals surface area contributed by atoms with E-state index in [2.05, 4.69) is 86.2 Å². The van der Waals surface area contributed by atoms with Crippen molar-refractivity contribution >= 4 is 23.7 Å². The fourth-order valence-corrected chi connectivity index (χ4v) is 6.42. The first-order valence-corrected chi connectivity index (χ1v) is 16.8. The van der Waals surface area contributed by atoms with Crippen LogP contribution >= 0.6 is 11.8 Å². The third kappa shape index (κ3) is 12.2. The summed E-state index contributed by atoms with van der Waals surface area (Å²) < 4.78 is 10.9. The fourth-order valence-electron chi connectivity index (χ4n) is 4.87. The Morgan fingerprint density at radius 2 is 1.70 bits per heavy atom. The minimum absolute atomic E-state index is 0.105. The van der Waals surface area contributed by atoms with Gasteiger partial charge in [-0.3, -0.25) is 4.79 Å². The molecule has 0 saturated carbocycles. The third-order valence-electron chi connectivity index (χ3n) is 7.30. The van der Waals surface area contributed by atoms with E-state index in [1.165, 1.54) is 11.8 Å². The molecule has 3 rings (SSSR count). The van der Waals surface area contributed by atoms with E-state index in [-0.39, 0.29) is 22.8 Å². The van der Waals surface area contributed by atoms with E-state index in [0.717, 1.165) is 68.2 Å². The molecule has 1 aliphatic heterocycles. The monoisotopic (exact) mass is 613 g/mol. The Kier molecular flexibility index (Phi) is 15.1. The number of allylic oxidation sites excluding steroid dienone is 6. The summed E-state index contributed by atoms with van der Waals surface area (Å²) in [7, 11) is 0. The molecule has 234 valence electrons. The van der Waals surface area contributed by atoms with Crippen LogP contribution in [0.3, 0.4) is 0 Å². The van der Waals surface area contributed by atoms with Crippen LogP contribution in [0, 0.1) is 11.8 Å². The maximum absolute atomic E-state index is 12.6. The Labute approximate surface area is 268 Å². The highest BCUT2D eigenvalue weighted by molar-refractivity contribution is 7.99. The minimum atomic E-state index is -0.386. The highest BCUT2D eigenvalue weighted by atomic mass is 32.2. The van der Waals surface area contributed by atoms with Gasteiger partial charge in [-0.1, -0.05) is 87.8 Å². The minimum Gasteiger partial charge on any atom is -0.462 e. The molecule has 1 aromatic heterocycles. The summed E-state index contributed by atoms with van der Waals surface area (Å²) in [4.78, 5) is 29.8. The van der Waals surface area contributed by atoms with Crippen LogP contribution < -0.4 is 0 Å². The van der Waals surface area contributed by atoms with Gasteiger partial charge in [0.25, 0.3) is 0 Å². The molecule has 1 atom stereocenters. The number of unbranched alkanes of at least 4 members (excludes halogenated alkanes) is 4. The van der Waals surface area contributed by atoms with Crippen LogP contribution in [-0.2, 0) is 19.7 Å². The number of rotatable bonds is 15. The predicted octanol–water partition coefficient (Wildman–Crippen LogP) is 9.50. The molecule has 6 heteroatoms. The number of esters is 2. The van der Waals surface area contributed by atoms with E-state index < -0.39 is 0 Å². The summed E-state index contributed by atoms with van der Waals surface area (Å²) in [6.45, 7) is 8.63. The molecule has 0 bridgehead atoms. The van der Waals surface area contributed by atoms with E-state index in [9.17, 15) is 9.59 Å². The number of pyridine rings is 1. The second-order valence-electron chi connectivity index (χ2n) is 11.5. The van der Waals surface area contributed by atoms with E-state index in [4.69, 9.17) is 9.47 Å². The molecule has 2 heterocycles. The molecule has 5 nitrogen and oxygen atoms in total. The topological polar surface area (TPSA) is 65.5 Å². The molecular formula is C38H47NO4S. The largest absolute Gasteiger partial charge is 0.462 e. The number of carbonyl (C=O) groups excluding carboxylic acids is 2. The van der Waals surface area contributed by atoms with Crippen LogP contribution in [0.25, 0.3) is 0 Å². The van der Waals surface area contributed by atoms with Crippen LogP contribution in [0.15, 0.2) is 77.9 Å². The molecule has 0 fully saturated rings. The molecule has 1 aromatic carbocycles. The molecule has 1 aliphatic rings. The van der Waals surface area contributed by atoms with Crippen LogP contribution in [0.5, 0.6) is 0 Å². The zero-order valence-corrected chi connectivity index (χ0v) is 27.6. The highest BCUT2D eigenvalue weighted by Crippen LogP contribution is 2.46.